The topological polar surface area (TPSA) is 40.6 Å². The molecule has 2 aromatic carbocycles. The second-order valence-corrected chi connectivity index (χ2v) is 7.39. The lowest BCUT2D eigenvalue weighted by atomic mass is 10.1. The van der Waals surface area contributed by atoms with Crippen LogP contribution in [0, 0.1) is 6.92 Å². The predicted molar refractivity (Wildman–Crippen MR) is 117 cm³/mol. The fourth-order valence-corrected chi connectivity index (χ4v) is 3.67. The molecule has 0 spiro atoms. The first-order valence-corrected chi connectivity index (χ1v) is 9.97. The van der Waals surface area contributed by atoms with Crippen LogP contribution in [0.5, 0.6) is 5.75 Å². The summed E-state index contributed by atoms with van der Waals surface area (Å²) in [6.45, 7) is 9.07. The zero-order valence-electron chi connectivity index (χ0n) is 16.9. The molecule has 28 heavy (non-hydrogen) atoms. The van der Waals surface area contributed by atoms with Crippen molar-refractivity contribution in [2.75, 3.05) is 50.1 Å². The van der Waals surface area contributed by atoms with Crippen molar-refractivity contribution < 1.29 is 4.74 Å². The van der Waals surface area contributed by atoms with Crippen LogP contribution in [-0.2, 0) is 0 Å². The Kier molecular flexibility index (Phi) is 5.35. The molecule has 1 N–H and O–H groups in total. The van der Waals surface area contributed by atoms with Crippen molar-refractivity contribution in [1.29, 1.82) is 0 Å². The number of ether oxygens (including phenoxy) is 1. The summed E-state index contributed by atoms with van der Waals surface area (Å²) in [5, 5.41) is 4.64. The molecule has 1 aliphatic heterocycles. The molecular weight excluding hydrogens is 348 g/mol. The van der Waals surface area contributed by atoms with Crippen LogP contribution in [0.2, 0.25) is 0 Å². The molecule has 0 atom stereocenters. The minimum atomic E-state index is 0.654. The van der Waals surface area contributed by atoms with E-state index in [2.05, 4.69) is 63.5 Å². The fraction of sp³-hybridized carbons (Fsp3) is 0.348. The van der Waals surface area contributed by atoms with Crippen molar-refractivity contribution in [3.8, 4) is 5.75 Å². The lowest BCUT2D eigenvalue weighted by Gasteiger charge is -2.34. The first kappa shape index (κ1) is 18.6. The Hall–Kier alpha value is -2.79. The van der Waals surface area contributed by atoms with Crippen molar-refractivity contribution in [2.45, 2.75) is 13.8 Å². The van der Waals surface area contributed by atoms with Crippen molar-refractivity contribution in [2.24, 2.45) is 0 Å². The molecule has 2 heterocycles. The Morgan fingerprint density at radius 2 is 1.75 bits per heavy atom. The van der Waals surface area contributed by atoms with E-state index in [-0.39, 0.29) is 0 Å². The monoisotopic (exact) mass is 376 g/mol. The summed E-state index contributed by atoms with van der Waals surface area (Å²) < 4.78 is 5.68. The Morgan fingerprint density at radius 3 is 2.46 bits per heavy atom. The number of anilines is 3. The molecule has 0 radical (unpaired) electrons. The van der Waals surface area contributed by atoms with E-state index in [9.17, 15) is 0 Å². The SMILES string of the molecule is CCOc1ccc2nc(C)cc(Nc3ccc(N4CCN(C)CC4)cc3)c2c1. The van der Waals surface area contributed by atoms with Crippen LogP contribution < -0.4 is 15.0 Å². The smallest absolute Gasteiger partial charge is 0.120 e. The molecule has 0 unspecified atom stereocenters. The Morgan fingerprint density at radius 1 is 1.00 bits per heavy atom. The van der Waals surface area contributed by atoms with E-state index in [1.165, 1.54) is 5.69 Å². The quantitative estimate of drug-likeness (QED) is 0.713. The lowest BCUT2D eigenvalue weighted by molar-refractivity contribution is 0.313. The zero-order chi connectivity index (χ0) is 19.5. The second-order valence-electron chi connectivity index (χ2n) is 7.39. The maximum Gasteiger partial charge on any atom is 0.120 e. The van der Waals surface area contributed by atoms with E-state index >= 15 is 0 Å². The summed E-state index contributed by atoms with van der Waals surface area (Å²) in [4.78, 5) is 9.48. The van der Waals surface area contributed by atoms with Gasteiger partial charge in [0.25, 0.3) is 0 Å². The molecular formula is C23H28N4O. The number of pyridine rings is 1. The molecule has 5 nitrogen and oxygen atoms in total. The van der Waals surface area contributed by atoms with Gasteiger partial charge in [-0.1, -0.05) is 0 Å². The van der Waals surface area contributed by atoms with E-state index in [1.807, 2.05) is 26.0 Å². The number of benzene rings is 2. The van der Waals surface area contributed by atoms with E-state index < -0.39 is 0 Å². The first-order chi connectivity index (χ1) is 13.6. The number of hydrogen-bond acceptors (Lipinski definition) is 5. The van der Waals surface area contributed by atoms with E-state index in [0.717, 1.165) is 59.9 Å². The third-order valence-electron chi connectivity index (χ3n) is 5.23. The highest BCUT2D eigenvalue weighted by Gasteiger charge is 2.14. The summed E-state index contributed by atoms with van der Waals surface area (Å²) in [7, 11) is 2.18. The van der Waals surface area contributed by atoms with E-state index in [0.29, 0.717) is 6.61 Å². The van der Waals surface area contributed by atoms with Gasteiger partial charge in [0.2, 0.25) is 0 Å². The van der Waals surface area contributed by atoms with Crippen LogP contribution >= 0.6 is 0 Å². The predicted octanol–water partition coefficient (Wildman–Crippen LogP) is 4.44. The van der Waals surface area contributed by atoms with Gasteiger partial charge in [0, 0.05) is 54.3 Å². The maximum absolute atomic E-state index is 5.68. The molecule has 0 saturated carbocycles. The van der Waals surface area contributed by atoms with E-state index in [1.54, 1.807) is 0 Å². The van der Waals surface area contributed by atoms with Gasteiger partial charge in [0.05, 0.1) is 12.1 Å². The van der Waals surface area contributed by atoms with Crippen LogP contribution in [0.4, 0.5) is 17.1 Å². The number of aryl methyl sites for hydroxylation is 1. The van der Waals surface area contributed by atoms with Crippen molar-refractivity contribution >= 4 is 28.0 Å². The maximum atomic E-state index is 5.68. The third-order valence-corrected chi connectivity index (χ3v) is 5.23. The van der Waals surface area contributed by atoms with E-state index in [4.69, 9.17) is 4.74 Å². The largest absolute Gasteiger partial charge is 0.494 e. The summed E-state index contributed by atoms with van der Waals surface area (Å²) in [5.41, 5.74) is 5.38. The first-order valence-electron chi connectivity index (χ1n) is 9.97. The van der Waals surface area contributed by atoms with Gasteiger partial charge in [-0.05, 0) is 69.4 Å². The highest BCUT2D eigenvalue weighted by molar-refractivity contribution is 5.94. The summed E-state index contributed by atoms with van der Waals surface area (Å²) in [5.74, 6) is 0.870. The molecule has 1 saturated heterocycles. The second kappa shape index (κ2) is 8.07. The third kappa shape index (κ3) is 4.04. The minimum Gasteiger partial charge on any atom is -0.494 e. The Labute approximate surface area is 166 Å². The molecule has 0 bridgehead atoms. The number of likely N-dealkylation sites (N-methyl/N-ethyl adjacent to an activating group) is 1. The molecule has 3 aromatic rings. The van der Waals surface area contributed by atoms with Gasteiger partial charge < -0.3 is 19.9 Å². The van der Waals surface area contributed by atoms with Crippen LogP contribution in [0.25, 0.3) is 10.9 Å². The molecule has 1 aromatic heterocycles. The van der Waals surface area contributed by atoms with Gasteiger partial charge in [-0.2, -0.15) is 0 Å². The van der Waals surface area contributed by atoms with Crippen LogP contribution in [-0.4, -0.2) is 49.7 Å². The number of nitrogens with zero attached hydrogens (tertiary/aromatic N) is 3. The fourth-order valence-electron chi connectivity index (χ4n) is 3.67. The summed E-state index contributed by atoms with van der Waals surface area (Å²) in [6.07, 6.45) is 0. The molecule has 1 fully saturated rings. The van der Waals surface area contributed by atoms with Crippen LogP contribution in [0.3, 0.4) is 0 Å². The Balaban J connectivity index is 1.58. The van der Waals surface area contributed by atoms with Crippen LogP contribution in [0.15, 0.2) is 48.5 Å². The minimum absolute atomic E-state index is 0.654. The number of piperazine rings is 1. The summed E-state index contributed by atoms with van der Waals surface area (Å²) >= 11 is 0. The number of rotatable bonds is 5. The van der Waals surface area contributed by atoms with Gasteiger partial charge in [-0.3, -0.25) is 4.98 Å². The Bertz CT molecular complexity index is 947. The number of aromatic nitrogens is 1. The van der Waals surface area contributed by atoms with Crippen LogP contribution in [0.1, 0.15) is 12.6 Å². The number of nitrogens with one attached hydrogen (secondary N) is 1. The molecule has 0 amide bonds. The molecule has 4 rings (SSSR count). The normalized spacial score (nSPS) is 15.0. The lowest BCUT2D eigenvalue weighted by Crippen LogP contribution is -2.44. The van der Waals surface area contributed by atoms with Gasteiger partial charge in [-0.25, -0.2) is 0 Å². The highest BCUT2D eigenvalue weighted by Crippen LogP contribution is 2.30. The molecule has 0 aliphatic carbocycles. The van der Waals surface area contributed by atoms with Gasteiger partial charge >= 0.3 is 0 Å². The summed E-state index contributed by atoms with van der Waals surface area (Å²) in [6, 6.07) is 16.9. The number of hydrogen-bond donors (Lipinski definition) is 1. The van der Waals surface area contributed by atoms with Crippen molar-refractivity contribution in [1.82, 2.24) is 9.88 Å². The number of fused-ring (bicyclic) bond motifs is 1. The van der Waals surface area contributed by atoms with Gasteiger partial charge in [0.1, 0.15) is 5.75 Å². The standard InChI is InChI=1S/C23H28N4O/c1-4-28-20-9-10-22-21(16-20)23(15-17(2)24-22)25-18-5-7-19(8-6-18)27-13-11-26(3)12-14-27/h5-10,15-16H,4,11-14H2,1-3H3,(H,24,25). The van der Waals surface area contributed by atoms with Gasteiger partial charge in [0.15, 0.2) is 0 Å². The van der Waals surface area contributed by atoms with Crippen molar-refractivity contribution in [3.05, 3.63) is 54.2 Å². The molecule has 1 aliphatic rings. The zero-order valence-corrected chi connectivity index (χ0v) is 16.9. The average Bonchev–Trinajstić information content (AvgIpc) is 2.70. The van der Waals surface area contributed by atoms with Crippen molar-refractivity contribution in [3.63, 3.8) is 0 Å². The molecule has 5 heteroatoms. The highest BCUT2D eigenvalue weighted by atomic mass is 16.5. The van der Waals surface area contributed by atoms with Gasteiger partial charge in [-0.15, -0.1) is 0 Å². The average molecular weight is 377 g/mol. The molecule has 146 valence electrons.